The van der Waals surface area contributed by atoms with Gasteiger partial charge in [0.15, 0.2) is 0 Å². The molecule has 4 heteroatoms. The molecule has 3 nitrogen and oxygen atoms in total. The lowest BCUT2D eigenvalue weighted by Gasteiger charge is -2.34. The molecule has 0 bridgehead atoms. The van der Waals surface area contributed by atoms with Gasteiger partial charge < -0.3 is 10.6 Å². The molecule has 16 heavy (non-hydrogen) atoms. The summed E-state index contributed by atoms with van der Waals surface area (Å²) >= 11 is 1.99. The fourth-order valence-corrected chi connectivity index (χ4v) is 3.30. The predicted molar refractivity (Wildman–Crippen MR) is 70.6 cm³/mol. The number of carbonyl (C=O) groups is 1. The van der Waals surface area contributed by atoms with Crippen LogP contribution in [0.15, 0.2) is 0 Å². The van der Waals surface area contributed by atoms with E-state index in [2.05, 4.69) is 13.8 Å². The Bertz CT molecular complexity index is 223. The van der Waals surface area contributed by atoms with Crippen LogP contribution >= 0.6 is 11.8 Å². The Morgan fingerprint density at radius 1 is 1.56 bits per heavy atom. The molecule has 0 aromatic rings. The van der Waals surface area contributed by atoms with E-state index in [-0.39, 0.29) is 11.8 Å². The van der Waals surface area contributed by atoms with Crippen molar-refractivity contribution in [2.75, 3.05) is 25.4 Å². The van der Waals surface area contributed by atoms with Crippen LogP contribution in [-0.4, -0.2) is 41.4 Å². The first-order valence-corrected chi connectivity index (χ1v) is 7.38. The number of hydrogen-bond acceptors (Lipinski definition) is 3. The first-order chi connectivity index (χ1) is 7.72. The number of nitrogens with zero attached hydrogens (tertiary/aromatic N) is 1. The van der Waals surface area contributed by atoms with E-state index in [1.807, 2.05) is 16.7 Å². The van der Waals surface area contributed by atoms with Gasteiger partial charge in [-0.05, 0) is 12.8 Å². The summed E-state index contributed by atoms with van der Waals surface area (Å²) in [5.74, 6) is 1.40. The van der Waals surface area contributed by atoms with Crippen molar-refractivity contribution >= 4 is 17.7 Å². The molecular weight excluding hydrogens is 220 g/mol. The molecule has 0 aliphatic carbocycles. The molecule has 2 N–H and O–H groups in total. The van der Waals surface area contributed by atoms with Gasteiger partial charge in [-0.25, -0.2) is 0 Å². The van der Waals surface area contributed by atoms with Crippen molar-refractivity contribution < 1.29 is 4.79 Å². The third-order valence-electron chi connectivity index (χ3n) is 3.18. The second-order valence-electron chi connectivity index (χ2n) is 4.41. The average molecular weight is 244 g/mol. The lowest BCUT2D eigenvalue weighted by molar-refractivity contribution is -0.135. The van der Waals surface area contributed by atoms with Crippen LogP contribution in [0.2, 0.25) is 0 Å². The second-order valence-corrected chi connectivity index (χ2v) is 5.81. The van der Waals surface area contributed by atoms with Gasteiger partial charge in [0.1, 0.15) is 0 Å². The number of carbonyl (C=O) groups excluding carboxylic acids is 1. The Hall–Kier alpha value is -0.220. The molecule has 1 heterocycles. The summed E-state index contributed by atoms with van der Waals surface area (Å²) in [6, 6.07) is 0. The number of nitrogens with two attached hydrogens (primary N) is 1. The minimum atomic E-state index is 0.0469. The maximum atomic E-state index is 12.2. The summed E-state index contributed by atoms with van der Waals surface area (Å²) < 4.78 is 0. The normalized spacial score (nSPS) is 23.2. The monoisotopic (exact) mass is 244 g/mol. The van der Waals surface area contributed by atoms with Crippen LogP contribution in [0, 0.1) is 5.92 Å². The molecule has 94 valence electrons. The zero-order chi connectivity index (χ0) is 12.0. The second kappa shape index (κ2) is 7.17. The van der Waals surface area contributed by atoms with Gasteiger partial charge >= 0.3 is 0 Å². The third kappa shape index (κ3) is 3.67. The topological polar surface area (TPSA) is 46.3 Å². The average Bonchev–Trinajstić information content (AvgIpc) is 2.35. The van der Waals surface area contributed by atoms with Crippen LogP contribution in [-0.2, 0) is 4.79 Å². The summed E-state index contributed by atoms with van der Waals surface area (Å²) in [5, 5.41) is 0.623. The first-order valence-electron chi connectivity index (χ1n) is 6.33. The molecule has 0 spiro atoms. The lowest BCUT2D eigenvalue weighted by atomic mass is 10.0. The van der Waals surface area contributed by atoms with Crippen LogP contribution in [0.4, 0.5) is 0 Å². The number of rotatable bonds is 5. The molecule has 1 rings (SSSR count). The minimum Gasteiger partial charge on any atom is -0.340 e. The standard InChI is InChI=1S/C12H24N2OS/c1-3-5-10(8-13)12(15)14-6-7-16-11(4-2)9-14/h10-11H,3-9,13H2,1-2H3. The van der Waals surface area contributed by atoms with E-state index in [9.17, 15) is 4.79 Å². The smallest absolute Gasteiger partial charge is 0.227 e. The largest absolute Gasteiger partial charge is 0.340 e. The maximum absolute atomic E-state index is 12.2. The van der Waals surface area contributed by atoms with Gasteiger partial charge in [-0.15, -0.1) is 0 Å². The number of hydrogen-bond donors (Lipinski definition) is 1. The Morgan fingerprint density at radius 2 is 2.31 bits per heavy atom. The lowest BCUT2D eigenvalue weighted by Crippen LogP contribution is -2.46. The van der Waals surface area contributed by atoms with Crippen molar-refractivity contribution in [3.05, 3.63) is 0 Å². The van der Waals surface area contributed by atoms with Crippen LogP contribution in [0.25, 0.3) is 0 Å². The van der Waals surface area contributed by atoms with E-state index in [1.165, 1.54) is 0 Å². The van der Waals surface area contributed by atoms with E-state index in [0.29, 0.717) is 11.8 Å². The summed E-state index contributed by atoms with van der Waals surface area (Å²) in [6.45, 7) is 6.61. The molecule has 1 aliphatic heterocycles. The highest BCUT2D eigenvalue weighted by molar-refractivity contribution is 8.00. The van der Waals surface area contributed by atoms with Gasteiger partial charge in [0, 0.05) is 30.6 Å². The first kappa shape index (κ1) is 13.8. The van der Waals surface area contributed by atoms with Crippen LogP contribution < -0.4 is 5.73 Å². The van der Waals surface area contributed by atoms with Crippen LogP contribution in [0.5, 0.6) is 0 Å². The fraction of sp³-hybridized carbons (Fsp3) is 0.917. The Labute approximate surface area is 103 Å². The van der Waals surface area contributed by atoms with Gasteiger partial charge in [-0.2, -0.15) is 11.8 Å². The molecule has 0 saturated carbocycles. The van der Waals surface area contributed by atoms with E-state index < -0.39 is 0 Å². The van der Waals surface area contributed by atoms with Gasteiger partial charge in [-0.1, -0.05) is 20.3 Å². The molecule has 0 aromatic heterocycles. The molecule has 1 amide bonds. The highest BCUT2D eigenvalue weighted by Gasteiger charge is 2.27. The molecular formula is C12H24N2OS. The molecule has 1 aliphatic rings. The fourth-order valence-electron chi connectivity index (χ4n) is 2.12. The van der Waals surface area contributed by atoms with E-state index in [0.717, 1.165) is 38.1 Å². The van der Waals surface area contributed by atoms with Crippen molar-refractivity contribution in [1.29, 1.82) is 0 Å². The van der Waals surface area contributed by atoms with Crippen LogP contribution in [0.3, 0.4) is 0 Å². The quantitative estimate of drug-likeness (QED) is 0.801. The molecule has 2 unspecified atom stereocenters. The van der Waals surface area contributed by atoms with Gasteiger partial charge in [-0.3, -0.25) is 4.79 Å². The van der Waals surface area contributed by atoms with Gasteiger partial charge in [0.25, 0.3) is 0 Å². The van der Waals surface area contributed by atoms with E-state index in [1.54, 1.807) is 0 Å². The zero-order valence-corrected chi connectivity index (χ0v) is 11.3. The van der Waals surface area contributed by atoms with E-state index >= 15 is 0 Å². The zero-order valence-electron chi connectivity index (χ0n) is 10.4. The number of thioether (sulfide) groups is 1. The highest BCUT2D eigenvalue weighted by atomic mass is 32.2. The predicted octanol–water partition coefficient (Wildman–Crippen LogP) is 1.72. The molecule has 0 radical (unpaired) electrons. The number of amides is 1. The molecule has 0 aromatic carbocycles. The van der Waals surface area contributed by atoms with Gasteiger partial charge in [0.2, 0.25) is 5.91 Å². The summed E-state index contributed by atoms with van der Waals surface area (Å²) in [7, 11) is 0. The molecule has 1 saturated heterocycles. The van der Waals surface area contributed by atoms with Crippen molar-refractivity contribution in [1.82, 2.24) is 4.90 Å². The Morgan fingerprint density at radius 3 is 2.88 bits per heavy atom. The summed E-state index contributed by atoms with van der Waals surface area (Å²) in [6.07, 6.45) is 3.11. The molecule has 2 atom stereocenters. The van der Waals surface area contributed by atoms with Crippen molar-refractivity contribution in [3.8, 4) is 0 Å². The Balaban J connectivity index is 2.51. The van der Waals surface area contributed by atoms with Crippen molar-refractivity contribution in [3.63, 3.8) is 0 Å². The maximum Gasteiger partial charge on any atom is 0.227 e. The Kier molecular flexibility index (Phi) is 6.21. The molecule has 1 fully saturated rings. The SMILES string of the molecule is CCCC(CN)C(=O)N1CCSC(CC)C1. The van der Waals surface area contributed by atoms with Crippen molar-refractivity contribution in [2.24, 2.45) is 11.7 Å². The third-order valence-corrected chi connectivity index (χ3v) is 4.55. The van der Waals surface area contributed by atoms with Crippen LogP contribution in [0.1, 0.15) is 33.1 Å². The summed E-state index contributed by atoms with van der Waals surface area (Å²) in [4.78, 5) is 14.2. The summed E-state index contributed by atoms with van der Waals surface area (Å²) in [5.41, 5.74) is 5.68. The van der Waals surface area contributed by atoms with Crippen molar-refractivity contribution in [2.45, 2.75) is 38.4 Å². The van der Waals surface area contributed by atoms with E-state index in [4.69, 9.17) is 5.73 Å². The highest BCUT2D eigenvalue weighted by Crippen LogP contribution is 2.22. The van der Waals surface area contributed by atoms with Gasteiger partial charge in [0.05, 0.1) is 5.92 Å². The minimum absolute atomic E-state index is 0.0469.